The van der Waals surface area contributed by atoms with Crippen molar-refractivity contribution in [1.29, 1.82) is 0 Å². The molecule has 1 unspecified atom stereocenters. The van der Waals surface area contributed by atoms with E-state index in [0.29, 0.717) is 12.8 Å². The van der Waals surface area contributed by atoms with Crippen LogP contribution in [0.2, 0.25) is 0 Å². The normalized spacial score (nSPS) is 12.0. The molecule has 0 aliphatic heterocycles. The SMILES string of the molecule is CCCCCCCCCC/C=C\CCCC(CCCCCCCC(=O)NCC(=O)O)OC(=O)CCCCCCCCCCCCCCCCCCCCCC. The van der Waals surface area contributed by atoms with Crippen molar-refractivity contribution in [3.8, 4) is 0 Å². The minimum Gasteiger partial charge on any atom is -0.480 e. The Morgan fingerprint density at radius 2 is 0.800 bits per heavy atom. The van der Waals surface area contributed by atoms with E-state index in [2.05, 4.69) is 31.3 Å². The quantitative estimate of drug-likeness (QED) is 0.0365. The Balaban J connectivity index is 4.07. The number of aliphatic carboxylic acids is 1. The summed E-state index contributed by atoms with van der Waals surface area (Å²) in [5.41, 5.74) is 0. The largest absolute Gasteiger partial charge is 0.480 e. The molecule has 0 aromatic heterocycles. The number of esters is 1. The number of amides is 1. The Bertz CT molecular complexity index is 858. The van der Waals surface area contributed by atoms with Gasteiger partial charge in [0.1, 0.15) is 12.6 Å². The van der Waals surface area contributed by atoms with Crippen molar-refractivity contribution in [2.45, 2.75) is 277 Å². The summed E-state index contributed by atoms with van der Waals surface area (Å²) in [6.07, 6.45) is 53.5. The van der Waals surface area contributed by atoms with E-state index < -0.39 is 5.97 Å². The number of hydrogen-bond donors (Lipinski definition) is 2. The van der Waals surface area contributed by atoms with Gasteiger partial charge in [-0.05, 0) is 57.8 Å². The topological polar surface area (TPSA) is 92.7 Å². The number of carboxylic acid groups (broad SMARTS) is 1. The zero-order valence-corrected chi connectivity index (χ0v) is 36.8. The van der Waals surface area contributed by atoms with Gasteiger partial charge in [-0.2, -0.15) is 0 Å². The van der Waals surface area contributed by atoms with Gasteiger partial charge < -0.3 is 15.2 Å². The van der Waals surface area contributed by atoms with Crippen LogP contribution in [0.25, 0.3) is 0 Å². The molecule has 0 rings (SSSR count). The van der Waals surface area contributed by atoms with Crippen LogP contribution in [0.3, 0.4) is 0 Å². The minimum absolute atomic E-state index is 0.000473. The van der Waals surface area contributed by atoms with Crippen molar-refractivity contribution in [2.75, 3.05) is 6.54 Å². The first kappa shape index (κ1) is 53.1. The van der Waals surface area contributed by atoms with E-state index in [1.54, 1.807) is 0 Å². The molecule has 0 radical (unpaired) electrons. The summed E-state index contributed by atoms with van der Waals surface area (Å²) in [6.45, 7) is 4.25. The summed E-state index contributed by atoms with van der Waals surface area (Å²) >= 11 is 0. The summed E-state index contributed by atoms with van der Waals surface area (Å²) in [7, 11) is 0. The number of hydrogen-bond acceptors (Lipinski definition) is 4. The van der Waals surface area contributed by atoms with Gasteiger partial charge in [-0.15, -0.1) is 0 Å². The molecule has 0 bridgehead atoms. The second-order valence-corrected chi connectivity index (χ2v) is 16.7. The van der Waals surface area contributed by atoms with Crippen LogP contribution in [0.1, 0.15) is 271 Å². The number of carboxylic acids is 1. The van der Waals surface area contributed by atoms with Crippen molar-refractivity contribution in [3.05, 3.63) is 12.2 Å². The van der Waals surface area contributed by atoms with Crippen molar-refractivity contribution in [1.82, 2.24) is 5.32 Å². The predicted molar refractivity (Wildman–Crippen MR) is 236 cm³/mol. The molecule has 0 aliphatic rings. The van der Waals surface area contributed by atoms with Gasteiger partial charge in [0.05, 0.1) is 0 Å². The number of allylic oxidation sites excluding steroid dienone is 2. The highest BCUT2D eigenvalue weighted by atomic mass is 16.5. The summed E-state index contributed by atoms with van der Waals surface area (Å²) in [5, 5.41) is 11.1. The van der Waals surface area contributed by atoms with Crippen LogP contribution in [0.15, 0.2) is 12.2 Å². The number of rotatable bonds is 45. The Morgan fingerprint density at radius 3 is 1.24 bits per heavy atom. The van der Waals surface area contributed by atoms with Crippen molar-refractivity contribution < 1.29 is 24.2 Å². The number of nitrogens with one attached hydrogen (secondary N) is 1. The van der Waals surface area contributed by atoms with Crippen molar-refractivity contribution >= 4 is 17.8 Å². The van der Waals surface area contributed by atoms with E-state index >= 15 is 0 Å². The standard InChI is InChI=1S/C49H93NO5/c1-3-5-7-9-11-13-15-17-18-19-20-21-22-23-25-27-29-31-36-40-44-49(54)55-46(42-38-34-32-35-39-43-47(51)50-45-48(52)53)41-37-33-30-28-26-24-16-14-12-10-8-6-4-2/h28,30,46H,3-27,29,31-45H2,1-2H3,(H,50,51)(H,52,53)/b30-28-. The minimum atomic E-state index is -1.01. The van der Waals surface area contributed by atoms with Crippen molar-refractivity contribution in [3.63, 3.8) is 0 Å². The van der Waals surface area contributed by atoms with E-state index in [4.69, 9.17) is 9.84 Å². The van der Waals surface area contributed by atoms with Crippen LogP contribution in [-0.4, -0.2) is 35.6 Å². The molecule has 55 heavy (non-hydrogen) atoms. The molecule has 6 nitrogen and oxygen atoms in total. The van der Waals surface area contributed by atoms with Gasteiger partial charge in [-0.1, -0.05) is 212 Å². The molecular weight excluding hydrogens is 683 g/mol. The third-order valence-electron chi connectivity index (χ3n) is 11.2. The van der Waals surface area contributed by atoms with Crippen LogP contribution in [0.5, 0.6) is 0 Å². The van der Waals surface area contributed by atoms with Crippen LogP contribution in [0, 0.1) is 0 Å². The summed E-state index contributed by atoms with van der Waals surface area (Å²) in [5.74, 6) is -1.23. The lowest BCUT2D eigenvalue weighted by Crippen LogP contribution is -2.28. The van der Waals surface area contributed by atoms with Crippen LogP contribution in [0.4, 0.5) is 0 Å². The molecule has 0 saturated heterocycles. The summed E-state index contributed by atoms with van der Waals surface area (Å²) in [6, 6.07) is 0. The maximum atomic E-state index is 12.8. The molecule has 2 N–H and O–H groups in total. The number of ether oxygens (including phenoxy) is 1. The Kier molecular flexibility index (Phi) is 43.4. The van der Waals surface area contributed by atoms with Gasteiger partial charge >= 0.3 is 11.9 Å². The van der Waals surface area contributed by atoms with Gasteiger partial charge in [0.2, 0.25) is 5.91 Å². The second kappa shape index (κ2) is 44.9. The number of carbonyl (C=O) groups excluding carboxylic acids is 2. The van der Waals surface area contributed by atoms with E-state index in [1.807, 2.05) is 0 Å². The zero-order valence-electron chi connectivity index (χ0n) is 36.8. The van der Waals surface area contributed by atoms with E-state index in [1.165, 1.54) is 173 Å². The van der Waals surface area contributed by atoms with Gasteiger partial charge in [0.25, 0.3) is 0 Å². The average Bonchev–Trinajstić information content (AvgIpc) is 3.17. The third-order valence-corrected chi connectivity index (χ3v) is 11.2. The summed E-state index contributed by atoms with van der Waals surface area (Å²) < 4.78 is 6.04. The first-order chi connectivity index (χ1) is 27.0. The maximum absolute atomic E-state index is 12.8. The molecule has 0 fully saturated rings. The van der Waals surface area contributed by atoms with E-state index in [9.17, 15) is 14.4 Å². The van der Waals surface area contributed by atoms with Crippen LogP contribution in [-0.2, 0) is 19.1 Å². The Labute approximate surface area is 342 Å². The Hall–Kier alpha value is -1.85. The molecule has 0 heterocycles. The average molecular weight is 776 g/mol. The second-order valence-electron chi connectivity index (χ2n) is 16.7. The van der Waals surface area contributed by atoms with E-state index in [-0.39, 0.29) is 24.5 Å². The van der Waals surface area contributed by atoms with E-state index in [0.717, 1.165) is 70.6 Å². The lowest BCUT2D eigenvalue weighted by Gasteiger charge is -2.18. The number of carbonyl (C=O) groups is 3. The number of unbranched alkanes of at least 4 members (excludes halogenated alkanes) is 32. The van der Waals surface area contributed by atoms with Gasteiger partial charge in [-0.3, -0.25) is 14.4 Å². The fourth-order valence-electron chi connectivity index (χ4n) is 7.58. The molecule has 0 saturated carbocycles. The molecule has 0 aromatic rings. The molecule has 1 atom stereocenters. The Morgan fingerprint density at radius 1 is 0.455 bits per heavy atom. The maximum Gasteiger partial charge on any atom is 0.322 e. The first-order valence-corrected chi connectivity index (χ1v) is 24.3. The molecule has 324 valence electrons. The molecule has 0 spiro atoms. The molecule has 0 aliphatic carbocycles. The lowest BCUT2D eigenvalue weighted by molar-refractivity contribution is -0.150. The molecule has 0 aromatic carbocycles. The van der Waals surface area contributed by atoms with Crippen LogP contribution < -0.4 is 5.32 Å². The third kappa shape index (κ3) is 44.7. The highest BCUT2D eigenvalue weighted by molar-refractivity contribution is 5.80. The lowest BCUT2D eigenvalue weighted by atomic mass is 10.0. The van der Waals surface area contributed by atoms with Gasteiger partial charge in [0, 0.05) is 12.8 Å². The highest BCUT2D eigenvalue weighted by Crippen LogP contribution is 2.19. The molecular formula is C49H93NO5. The first-order valence-electron chi connectivity index (χ1n) is 24.3. The molecule has 1 amide bonds. The smallest absolute Gasteiger partial charge is 0.322 e. The zero-order chi connectivity index (χ0) is 40.1. The van der Waals surface area contributed by atoms with Gasteiger partial charge in [-0.25, -0.2) is 0 Å². The fraction of sp³-hybridized carbons (Fsp3) is 0.898. The van der Waals surface area contributed by atoms with Crippen LogP contribution >= 0.6 is 0 Å². The fourth-order valence-corrected chi connectivity index (χ4v) is 7.58. The highest BCUT2D eigenvalue weighted by Gasteiger charge is 2.14. The predicted octanol–water partition coefficient (Wildman–Crippen LogP) is 15.3. The van der Waals surface area contributed by atoms with Gasteiger partial charge in [0.15, 0.2) is 0 Å². The van der Waals surface area contributed by atoms with Crippen molar-refractivity contribution in [2.24, 2.45) is 0 Å². The molecule has 6 heteroatoms. The summed E-state index contributed by atoms with van der Waals surface area (Å²) in [4.78, 5) is 35.1. The monoisotopic (exact) mass is 776 g/mol.